The number of halogens is 1. The fourth-order valence-electron chi connectivity index (χ4n) is 4.68. The fraction of sp³-hybridized carbons (Fsp3) is 0. The lowest BCUT2D eigenvalue weighted by molar-refractivity contribution is 1.18. The van der Waals surface area contributed by atoms with Crippen molar-refractivity contribution >= 4 is 65.0 Å². The molecule has 5 heteroatoms. The Bertz CT molecular complexity index is 1830. The third-order valence-corrected chi connectivity index (χ3v) is 7.48. The van der Waals surface area contributed by atoms with Crippen LogP contribution in [0.25, 0.3) is 59.2 Å². The molecule has 0 amide bonds. The second-order valence-electron chi connectivity index (χ2n) is 8.04. The number of rotatable bonds is 2. The average Bonchev–Trinajstić information content (AvgIpc) is 3.40. The van der Waals surface area contributed by atoms with Gasteiger partial charge in [0.05, 0.1) is 16.4 Å². The topological polar surface area (TPSA) is 30.7 Å². The van der Waals surface area contributed by atoms with E-state index in [1.165, 1.54) is 21.0 Å². The molecule has 0 radical (unpaired) electrons. The normalized spacial score (nSPS) is 11.8. The van der Waals surface area contributed by atoms with Gasteiger partial charge in [-0.05, 0) is 42.5 Å². The van der Waals surface area contributed by atoms with E-state index in [1.807, 2.05) is 18.2 Å². The van der Waals surface area contributed by atoms with Gasteiger partial charge in [0, 0.05) is 32.1 Å². The molecule has 4 aromatic carbocycles. The van der Waals surface area contributed by atoms with Crippen LogP contribution in [0.4, 0.5) is 0 Å². The lowest BCUT2D eigenvalue weighted by atomic mass is 10.1. The Morgan fingerprint density at radius 1 is 0.667 bits per heavy atom. The monoisotopic (exact) mass is 461 g/mol. The summed E-state index contributed by atoms with van der Waals surface area (Å²) >= 11 is 8.33. The van der Waals surface area contributed by atoms with Gasteiger partial charge in [-0.25, -0.2) is 9.97 Å². The molecule has 0 atom stereocenters. The predicted octanol–water partition coefficient (Wildman–Crippen LogP) is 8.26. The van der Waals surface area contributed by atoms with Crippen molar-refractivity contribution in [2.24, 2.45) is 0 Å². The highest BCUT2D eigenvalue weighted by Gasteiger charge is 2.16. The van der Waals surface area contributed by atoms with E-state index < -0.39 is 0 Å². The molecular weight excluding hydrogens is 446 g/mol. The maximum atomic E-state index is 6.68. The highest BCUT2D eigenvalue weighted by molar-refractivity contribution is 7.25. The molecule has 0 aliphatic rings. The van der Waals surface area contributed by atoms with Crippen LogP contribution in [0.15, 0.2) is 97.1 Å². The van der Waals surface area contributed by atoms with Gasteiger partial charge in [0.15, 0.2) is 5.82 Å². The van der Waals surface area contributed by atoms with Crippen LogP contribution in [0.3, 0.4) is 0 Å². The summed E-state index contributed by atoms with van der Waals surface area (Å²) in [5, 5.41) is 4.91. The highest BCUT2D eigenvalue weighted by atomic mass is 35.5. The molecule has 0 fully saturated rings. The zero-order valence-corrected chi connectivity index (χ0v) is 18.9. The lowest BCUT2D eigenvalue weighted by Crippen LogP contribution is -1.93. The van der Waals surface area contributed by atoms with Gasteiger partial charge in [-0.2, -0.15) is 0 Å². The Kier molecular flexibility index (Phi) is 4.07. The van der Waals surface area contributed by atoms with E-state index in [0.29, 0.717) is 11.0 Å². The molecule has 0 saturated heterocycles. The minimum atomic E-state index is 0.499. The van der Waals surface area contributed by atoms with Gasteiger partial charge in [0.1, 0.15) is 9.98 Å². The molecule has 7 aromatic rings. The molecule has 0 N–H and O–H groups in total. The van der Waals surface area contributed by atoms with Crippen molar-refractivity contribution < 1.29 is 0 Å². The van der Waals surface area contributed by atoms with E-state index >= 15 is 0 Å². The summed E-state index contributed by atoms with van der Waals surface area (Å²) in [5.41, 5.74) is 4.43. The molecule has 33 heavy (non-hydrogen) atoms. The molecule has 3 nitrogen and oxygen atoms in total. The summed E-state index contributed by atoms with van der Waals surface area (Å²) in [4.78, 5) is 10.5. The third-order valence-electron chi connectivity index (χ3n) is 6.14. The molecular formula is C28H16ClN3S. The number of hydrogen-bond acceptors (Lipinski definition) is 3. The van der Waals surface area contributed by atoms with E-state index in [1.54, 1.807) is 11.3 Å². The molecule has 156 valence electrons. The molecule has 3 heterocycles. The van der Waals surface area contributed by atoms with Crippen molar-refractivity contribution in [2.75, 3.05) is 0 Å². The first kappa shape index (κ1) is 18.8. The van der Waals surface area contributed by atoms with Crippen molar-refractivity contribution in [3.05, 3.63) is 102 Å². The summed E-state index contributed by atoms with van der Waals surface area (Å²) in [6.07, 6.45) is 0. The minimum absolute atomic E-state index is 0.499. The Hall–Kier alpha value is -3.73. The largest absolute Gasteiger partial charge is 0.309 e. The molecule has 0 bridgehead atoms. The van der Waals surface area contributed by atoms with Gasteiger partial charge in [-0.3, -0.25) is 0 Å². The van der Waals surface area contributed by atoms with Crippen LogP contribution in [0.1, 0.15) is 0 Å². The molecule has 0 saturated carbocycles. The number of fused-ring (bicyclic) bond motifs is 6. The van der Waals surface area contributed by atoms with Gasteiger partial charge >= 0.3 is 0 Å². The zero-order valence-electron chi connectivity index (χ0n) is 17.4. The Morgan fingerprint density at radius 2 is 1.39 bits per heavy atom. The van der Waals surface area contributed by atoms with E-state index in [0.717, 1.165) is 32.4 Å². The zero-order chi connectivity index (χ0) is 21.9. The number of benzene rings is 4. The maximum Gasteiger partial charge on any atom is 0.162 e. The minimum Gasteiger partial charge on any atom is -0.309 e. The SMILES string of the molecule is Clc1nc(-c2ccc3c(c2)c2ccccc2n3-c2ccccc2)nc2sc3ccccc3c12. The molecule has 0 aliphatic carbocycles. The van der Waals surface area contributed by atoms with Crippen LogP contribution < -0.4 is 0 Å². The number of thiophene rings is 1. The molecule has 0 aliphatic heterocycles. The van der Waals surface area contributed by atoms with Crippen molar-refractivity contribution in [1.29, 1.82) is 0 Å². The van der Waals surface area contributed by atoms with E-state index in [4.69, 9.17) is 21.6 Å². The van der Waals surface area contributed by atoms with Crippen LogP contribution in [0.5, 0.6) is 0 Å². The average molecular weight is 462 g/mol. The molecule has 0 spiro atoms. The van der Waals surface area contributed by atoms with E-state index in [9.17, 15) is 0 Å². The number of para-hydroxylation sites is 2. The number of nitrogens with zero attached hydrogens (tertiary/aromatic N) is 3. The van der Waals surface area contributed by atoms with Gasteiger partial charge in [-0.15, -0.1) is 11.3 Å². The smallest absolute Gasteiger partial charge is 0.162 e. The van der Waals surface area contributed by atoms with Crippen molar-refractivity contribution in [1.82, 2.24) is 14.5 Å². The van der Waals surface area contributed by atoms with Crippen molar-refractivity contribution in [3.8, 4) is 17.1 Å². The maximum absolute atomic E-state index is 6.68. The second kappa shape index (κ2) is 7.14. The number of aromatic nitrogens is 3. The first-order chi connectivity index (χ1) is 16.3. The van der Waals surface area contributed by atoms with Crippen LogP contribution in [-0.4, -0.2) is 14.5 Å². The first-order valence-electron chi connectivity index (χ1n) is 10.7. The van der Waals surface area contributed by atoms with Gasteiger partial charge < -0.3 is 4.57 Å². The molecule has 0 unspecified atom stereocenters. The Labute approximate surface area is 198 Å². The van der Waals surface area contributed by atoms with E-state index in [2.05, 4.69) is 83.4 Å². The standard InChI is InChI=1S/C28H16ClN3S/c29-26-25-20-11-5-7-13-24(20)33-28(25)31-27(30-26)17-14-15-23-21(16-17)19-10-4-6-12-22(19)32(23)18-8-2-1-3-9-18/h1-16H. The summed E-state index contributed by atoms with van der Waals surface area (Å²) in [7, 11) is 0. The van der Waals surface area contributed by atoms with Gasteiger partial charge in [0.2, 0.25) is 0 Å². The second-order valence-corrected chi connectivity index (χ2v) is 9.43. The first-order valence-corrected chi connectivity index (χ1v) is 11.9. The van der Waals surface area contributed by atoms with Gasteiger partial charge in [0.25, 0.3) is 0 Å². The van der Waals surface area contributed by atoms with Crippen LogP contribution in [0, 0.1) is 0 Å². The van der Waals surface area contributed by atoms with Crippen LogP contribution in [-0.2, 0) is 0 Å². The summed E-state index contributed by atoms with van der Waals surface area (Å²) in [6.45, 7) is 0. The van der Waals surface area contributed by atoms with E-state index in [-0.39, 0.29) is 0 Å². The summed E-state index contributed by atoms with van der Waals surface area (Å²) < 4.78 is 3.47. The highest BCUT2D eigenvalue weighted by Crippen LogP contribution is 2.38. The van der Waals surface area contributed by atoms with Crippen LogP contribution in [0.2, 0.25) is 5.15 Å². The van der Waals surface area contributed by atoms with Crippen LogP contribution >= 0.6 is 22.9 Å². The number of hydrogen-bond donors (Lipinski definition) is 0. The summed E-state index contributed by atoms with van der Waals surface area (Å²) in [6, 6.07) is 33.6. The quantitative estimate of drug-likeness (QED) is 0.242. The summed E-state index contributed by atoms with van der Waals surface area (Å²) in [5.74, 6) is 0.650. The molecule has 3 aromatic heterocycles. The fourth-order valence-corrected chi connectivity index (χ4v) is 6.08. The third kappa shape index (κ3) is 2.81. The van der Waals surface area contributed by atoms with Crippen molar-refractivity contribution in [2.45, 2.75) is 0 Å². The lowest BCUT2D eigenvalue weighted by Gasteiger charge is -2.08. The van der Waals surface area contributed by atoms with Gasteiger partial charge in [-0.1, -0.05) is 66.2 Å². The Balaban J connectivity index is 1.49. The Morgan fingerprint density at radius 3 is 2.27 bits per heavy atom. The predicted molar refractivity (Wildman–Crippen MR) is 140 cm³/mol. The van der Waals surface area contributed by atoms with Crippen molar-refractivity contribution in [3.63, 3.8) is 0 Å². The molecule has 7 rings (SSSR count).